The Bertz CT molecular complexity index is 946. The zero-order valence-corrected chi connectivity index (χ0v) is 15.6. The van der Waals surface area contributed by atoms with Gasteiger partial charge in [-0.3, -0.25) is 14.9 Å². The van der Waals surface area contributed by atoms with E-state index in [1.165, 1.54) is 17.0 Å². The molecule has 0 aliphatic carbocycles. The molecule has 0 radical (unpaired) electrons. The van der Waals surface area contributed by atoms with Gasteiger partial charge in [0.15, 0.2) is 0 Å². The molecule has 28 heavy (non-hydrogen) atoms. The van der Waals surface area contributed by atoms with Crippen molar-refractivity contribution < 1.29 is 19.4 Å². The van der Waals surface area contributed by atoms with E-state index < -0.39 is 5.91 Å². The molecule has 2 aromatic carbocycles. The van der Waals surface area contributed by atoms with Gasteiger partial charge in [-0.1, -0.05) is 42.5 Å². The summed E-state index contributed by atoms with van der Waals surface area (Å²) in [4.78, 5) is 16.6. The van der Waals surface area contributed by atoms with E-state index in [1.54, 1.807) is 11.6 Å². The van der Waals surface area contributed by atoms with Gasteiger partial charge in [-0.05, 0) is 35.3 Å². The van der Waals surface area contributed by atoms with Crippen molar-refractivity contribution in [2.45, 2.75) is 13.0 Å². The van der Waals surface area contributed by atoms with Gasteiger partial charge < -0.3 is 10.1 Å². The molecule has 0 saturated carbocycles. The number of carbonyl (C=O) groups is 1. The lowest BCUT2D eigenvalue weighted by Gasteiger charge is -2.21. The predicted octanol–water partition coefficient (Wildman–Crippen LogP) is 3.46. The topological polar surface area (TPSA) is 88.6 Å². The summed E-state index contributed by atoms with van der Waals surface area (Å²) in [5, 5.41) is 19.2. The van der Waals surface area contributed by atoms with Crippen LogP contribution >= 0.6 is 0 Å². The third-order valence-corrected chi connectivity index (χ3v) is 4.71. The van der Waals surface area contributed by atoms with Crippen LogP contribution in [0.1, 0.15) is 21.0 Å². The van der Waals surface area contributed by atoms with Crippen molar-refractivity contribution >= 4 is 22.9 Å². The van der Waals surface area contributed by atoms with Gasteiger partial charge in [0.05, 0.1) is 6.61 Å². The monoisotopic (exact) mass is 385 g/mol. The molecule has 0 atom stereocenters. The average molecular weight is 386 g/mol. The van der Waals surface area contributed by atoms with E-state index >= 15 is 0 Å². The van der Waals surface area contributed by atoms with Crippen molar-refractivity contribution in [1.29, 1.82) is 0 Å². The number of fused-ring (bicyclic) bond motifs is 1. The zero-order valence-electron chi connectivity index (χ0n) is 15.6. The minimum absolute atomic E-state index is 0. The maximum atomic E-state index is 11.0. The van der Waals surface area contributed by atoms with Gasteiger partial charge in [-0.25, -0.2) is 5.48 Å². The fourth-order valence-corrected chi connectivity index (χ4v) is 3.23. The van der Waals surface area contributed by atoms with E-state index in [1.807, 2.05) is 36.4 Å². The molecule has 0 bridgehead atoms. The van der Waals surface area contributed by atoms with Gasteiger partial charge in [-0.2, -0.15) is 0 Å². The Kier molecular flexibility index (Phi) is 6.97. The molecule has 3 rings (SSSR count). The van der Waals surface area contributed by atoms with Crippen molar-refractivity contribution in [3.05, 3.63) is 77.5 Å². The molecule has 6 heteroatoms. The number of carbonyl (C=O) groups excluding carboxylic acids is 1. The van der Waals surface area contributed by atoms with E-state index in [0.29, 0.717) is 6.54 Å². The van der Waals surface area contributed by atoms with Crippen LogP contribution < -0.4 is 5.48 Å². The number of H-pyrrole nitrogens is 1. The van der Waals surface area contributed by atoms with Gasteiger partial charge in [0, 0.05) is 47.1 Å². The minimum atomic E-state index is -0.560. The lowest BCUT2D eigenvalue weighted by atomic mass is 10.1. The summed E-state index contributed by atoms with van der Waals surface area (Å²) >= 11 is 0. The second-order valence-electron chi connectivity index (χ2n) is 6.66. The van der Waals surface area contributed by atoms with Crippen LogP contribution in [0.5, 0.6) is 0 Å². The highest BCUT2D eigenvalue weighted by Crippen LogP contribution is 2.18. The molecular weight excluding hydrogens is 354 g/mol. The fourth-order valence-electron chi connectivity index (χ4n) is 3.23. The number of nitrogens with zero attached hydrogens (tertiary/aromatic N) is 1. The number of para-hydroxylation sites is 1. The minimum Gasteiger partial charge on any atom is -0.395 e. The van der Waals surface area contributed by atoms with Crippen LogP contribution in [0.4, 0.5) is 0 Å². The second-order valence-corrected chi connectivity index (χ2v) is 6.66. The smallest absolute Gasteiger partial charge is 0.267 e. The van der Waals surface area contributed by atoms with Crippen LogP contribution in [-0.4, -0.2) is 45.8 Å². The van der Waals surface area contributed by atoms with Gasteiger partial charge in [0.25, 0.3) is 5.91 Å². The highest BCUT2D eigenvalue weighted by molar-refractivity contribution is 5.90. The Morgan fingerprint density at radius 2 is 1.93 bits per heavy atom. The first-order chi connectivity index (χ1) is 13.7. The highest BCUT2D eigenvalue weighted by atomic mass is 16.5. The van der Waals surface area contributed by atoms with E-state index in [9.17, 15) is 9.90 Å². The number of rotatable bonds is 9. The summed E-state index contributed by atoms with van der Waals surface area (Å²) in [6, 6.07) is 16.1. The van der Waals surface area contributed by atoms with Crippen LogP contribution in [0.2, 0.25) is 0 Å². The molecule has 0 saturated heterocycles. The van der Waals surface area contributed by atoms with Gasteiger partial charge in [-0.15, -0.1) is 0 Å². The number of aliphatic hydroxyl groups excluding tert-OH is 1. The fraction of sp³-hybridized carbons (Fsp3) is 0.227. The van der Waals surface area contributed by atoms with Crippen molar-refractivity contribution in [1.82, 2.24) is 15.4 Å². The second kappa shape index (κ2) is 9.85. The molecule has 1 amide bonds. The molecule has 0 aliphatic heterocycles. The Hall–Kier alpha value is -2.93. The zero-order chi connectivity index (χ0) is 19.8. The van der Waals surface area contributed by atoms with Crippen LogP contribution in [0.15, 0.2) is 60.8 Å². The number of hydrogen-bond donors (Lipinski definition) is 4. The first kappa shape index (κ1) is 19.8. The van der Waals surface area contributed by atoms with Crippen molar-refractivity contribution in [2.24, 2.45) is 0 Å². The molecule has 1 aromatic heterocycles. The summed E-state index contributed by atoms with van der Waals surface area (Å²) < 4.78 is 0. The van der Waals surface area contributed by atoms with Crippen LogP contribution in [0, 0.1) is 0 Å². The van der Waals surface area contributed by atoms with Gasteiger partial charge >= 0.3 is 0 Å². The quantitative estimate of drug-likeness (QED) is 0.258. The molecule has 0 spiro atoms. The lowest BCUT2D eigenvalue weighted by Crippen LogP contribution is -2.28. The predicted molar refractivity (Wildman–Crippen MR) is 116 cm³/mol. The number of aromatic amines is 1. The normalized spacial score (nSPS) is 11.5. The maximum absolute atomic E-state index is 11.0. The number of hydrogen-bond acceptors (Lipinski definition) is 4. The number of nitrogens with one attached hydrogen (secondary N) is 2. The van der Waals surface area contributed by atoms with Gasteiger partial charge in [0.2, 0.25) is 0 Å². The van der Waals surface area contributed by atoms with E-state index in [-0.39, 0.29) is 10.9 Å². The average Bonchev–Trinajstić information content (AvgIpc) is 3.14. The van der Waals surface area contributed by atoms with Gasteiger partial charge in [0.1, 0.15) is 0 Å². The number of aromatic nitrogens is 1. The Morgan fingerprint density at radius 3 is 2.68 bits per heavy atom. The van der Waals surface area contributed by atoms with Crippen molar-refractivity contribution in [2.75, 3.05) is 19.7 Å². The molecule has 0 aliphatic rings. The highest BCUT2D eigenvalue weighted by Gasteiger charge is 2.09. The van der Waals surface area contributed by atoms with E-state index in [0.717, 1.165) is 36.2 Å². The number of amides is 1. The summed E-state index contributed by atoms with van der Waals surface area (Å²) in [6.45, 7) is 2.32. The van der Waals surface area contributed by atoms with Crippen LogP contribution in [0.25, 0.3) is 17.0 Å². The molecule has 0 fully saturated rings. The molecular formula is C22H31N3O3. The summed E-state index contributed by atoms with van der Waals surface area (Å²) in [5.41, 5.74) is 6.00. The SMILES string of the molecule is O=C(/C=C/c1ccc(CN(CCO)CCc2c[nH]c3ccccc23)cc1)NO.[HH].[HH].[HH]. The molecule has 6 nitrogen and oxygen atoms in total. The van der Waals surface area contributed by atoms with Crippen LogP contribution in [0.3, 0.4) is 0 Å². The Morgan fingerprint density at radius 1 is 1.14 bits per heavy atom. The molecule has 1 heterocycles. The first-order valence-electron chi connectivity index (χ1n) is 9.29. The third kappa shape index (κ3) is 5.29. The lowest BCUT2D eigenvalue weighted by molar-refractivity contribution is -0.124. The third-order valence-electron chi connectivity index (χ3n) is 4.71. The van der Waals surface area contributed by atoms with Crippen LogP contribution in [-0.2, 0) is 17.8 Å². The largest absolute Gasteiger partial charge is 0.395 e. The molecule has 0 unspecified atom stereocenters. The number of hydroxylamine groups is 1. The summed E-state index contributed by atoms with van der Waals surface area (Å²) in [6.07, 6.45) is 5.87. The standard InChI is InChI=1S/C22H25N3O3.3H2/c26-14-13-25(12-11-19-15-23-21-4-2-1-3-20(19)21)16-18-7-5-17(6-8-18)9-10-22(27)24-28;;;/h1-10,15,23,26,28H,11-14,16H2,(H,24,27);3*1H/b10-9+;;;. The van der Waals surface area contributed by atoms with Crippen molar-refractivity contribution in [3.8, 4) is 0 Å². The Labute approximate surface area is 168 Å². The maximum Gasteiger partial charge on any atom is 0.267 e. The number of aliphatic hydroxyl groups is 1. The molecule has 4 N–H and O–H groups in total. The number of benzene rings is 2. The molecule has 152 valence electrons. The molecule has 3 aromatic rings. The van der Waals surface area contributed by atoms with Crippen molar-refractivity contribution in [3.63, 3.8) is 0 Å². The first-order valence-corrected chi connectivity index (χ1v) is 9.29. The Balaban J connectivity index is 0.00000300. The van der Waals surface area contributed by atoms with E-state index in [4.69, 9.17) is 5.21 Å². The summed E-state index contributed by atoms with van der Waals surface area (Å²) in [5.74, 6) is -0.560. The van der Waals surface area contributed by atoms with E-state index in [2.05, 4.69) is 28.2 Å². The summed E-state index contributed by atoms with van der Waals surface area (Å²) in [7, 11) is 0.